The molecule has 2 N–H and O–H groups in total. The van der Waals surface area contributed by atoms with E-state index in [-0.39, 0.29) is 23.3 Å². The van der Waals surface area contributed by atoms with Crippen molar-refractivity contribution in [2.45, 2.75) is 37.1 Å². The fourth-order valence-electron chi connectivity index (χ4n) is 2.64. The fourth-order valence-corrected chi connectivity index (χ4v) is 4.18. The van der Waals surface area contributed by atoms with Gasteiger partial charge in [-0.05, 0) is 43.0 Å². The number of rotatable bonds is 8. The zero-order valence-corrected chi connectivity index (χ0v) is 15.2. The Morgan fingerprint density at radius 3 is 2.54 bits per heavy atom. The first-order valence-corrected chi connectivity index (χ1v) is 9.59. The topological polar surface area (TPSA) is 107 Å². The molecule has 0 amide bonds. The Morgan fingerprint density at radius 2 is 1.92 bits per heavy atom. The lowest BCUT2D eigenvalue weighted by Gasteiger charge is -2.19. The number of nitriles is 1. The summed E-state index contributed by atoms with van der Waals surface area (Å²) in [5, 5.41) is 18.0. The summed E-state index contributed by atoms with van der Waals surface area (Å²) in [5.74, 6) is -0.982. The van der Waals surface area contributed by atoms with Gasteiger partial charge in [0.15, 0.2) is 0 Å². The lowest BCUT2D eigenvalue weighted by molar-refractivity contribution is -0.137. The number of carboxylic acid groups (broad SMARTS) is 1. The number of aliphatic carboxylic acids is 1. The first-order chi connectivity index (χ1) is 12.3. The highest BCUT2D eigenvalue weighted by atomic mass is 32.2. The number of benzene rings is 2. The van der Waals surface area contributed by atoms with E-state index in [1.807, 2.05) is 36.4 Å². The number of aryl methyl sites for hydroxylation is 1. The Bertz CT molecular complexity index is 918. The molecule has 0 heterocycles. The van der Waals surface area contributed by atoms with Crippen molar-refractivity contribution in [3.63, 3.8) is 0 Å². The maximum absolute atomic E-state index is 12.8. The van der Waals surface area contributed by atoms with Crippen LogP contribution in [-0.4, -0.2) is 25.5 Å². The van der Waals surface area contributed by atoms with Crippen molar-refractivity contribution >= 4 is 16.0 Å². The van der Waals surface area contributed by atoms with Crippen LogP contribution in [0.15, 0.2) is 53.4 Å². The normalized spacial score (nSPS) is 12.3. The maximum atomic E-state index is 12.8. The second-order valence-electron chi connectivity index (χ2n) is 6.03. The molecule has 1 unspecified atom stereocenters. The molecule has 136 valence electrons. The van der Waals surface area contributed by atoms with E-state index in [9.17, 15) is 13.2 Å². The molecule has 6 nitrogen and oxygen atoms in total. The summed E-state index contributed by atoms with van der Waals surface area (Å²) in [6.45, 7) is 1.65. The number of carboxylic acids is 1. The number of nitrogens with zero attached hydrogens (tertiary/aromatic N) is 1. The van der Waals surface area contributed by atoms with Crippen molar-refractivity contribution in [1.82, 2.24) is 4.72 Å². The minimum absolute atomic E-state index is 0.0323. The molecule has 0 spiro atoms. The van der Waals surface area contributed by atoms with Gasteiger partial charge in [-0.3, -0.25) is 4.79 Å². The maximum Gasteiger partial charge on any atom is 0.303 e. The Labute approximate surface area is 153 Å². The zero-order valence-electron chi connectivity index (χ0n) is 14.3. The molecule has 2 aromatic rings. The molecule has 0 radical (unpaired) electrons. The van der Waals surface area contributed by atoms with Crippen molar-refractivity contribution in [3.8, 4) is 6.07 Å². The first kappa shape index (κ1) is 19.6. The van der Waals surface area contributed by atoms with E-state index in [0.29, 0.717) is 12.0 Å². The minimum atomic E-state index is -3.88. The van der Waals surface area contributed by atoms with Gasteiger partial charge in [-0.1, -0.05) is 36.4 Å². The summed E-state index contributed by atoms with van der Waals surface area (Å²) in [5.41, 5.74) is 1.68. The van der Waals surface area contributed by atoms with Gasteiger partial charge in [-0.15, -0.1) is 0 Å². The predicted molar refractivity (Wildman–Crippen MR) is 97.0 cm³/mol. The quantitative estimate of drug-likeness (QED) is 0.741. The van der Waals surface area contributed by atoms with Gasteiger partial charge in [0, 0.05) is 12.5 Å². The number of hydrogen-bond acceptors (Lipinski definition) is 4. The van der Waals surface area contributed by atoms with Crippen LogP contribution in [0.1, 0.15) is 29.5 Å². The third kappa shape index (κ3) is 5.41. The van der Waals surface area contributed by atoms with Crippen LogP contribution in [-0.2, 0) is 21.2 Å². The van der Waals surface area contributed by atoms with Crippen molar-refractivity contribution in [1.29, 1.82) is 5.26 Å². The molecule has 1 atom stereocenters. The summed E-state index contributed by atoms with van der Waals surface area (Å²) in [6.07, 6.45) is 0.405. The van der Waals surface area contributed by atoms with Gasteiger partial charge in [-0.25, -0.2) is 13.1 Å². The molecule has 0 aliphatic carbocycles. The lowest BCUT2D eigenvalue weighted by atomic mass is 10.0. The van der Waals surface area contributed by atoms with Crippen molar-refractivity contribution in [3.05, 3.63) is 65.2 Å². The SMILES string of the molecule is Cc1ccc(C#N)cc1S(=O)(=O)NC(CCC(=O)O)Cc1ccccc1. The Balaban J connectivity index is 2.28. The third-order valence-corrected chi connectivity index (χ3v) is 5.62. The second kappa shape index (κ2) is 8.61. The highest BCUT2D eigenvalue weighted by Gasteiger charge is 2.23. The van der Waals surface area contributed by atoms with Gasteiger partial charge in [-0.2, -0.15) is 5.26 Å². The lowest BCUT2D eigenvalue weighted by Crippen LogP contribution is -2.37. The summed E-state index contributed by atoms with van der Waals surface area (Å²) in [7, 11) is -3.88. The van der Waals surface area contributed by atoms with Crippen LogP contribution in [0.3, 0.4) is 0 Å². The van der Waals surface area contributed by atoms with Gasteiger partial charge in [0.25, 0.3) is 0 Å². The van der Waals surface area contributed by atoms with Crippen LogP contribution in [0.4, 0.5) is 0 Å². The number of sulfonamides is 1. The number of carbonyl (C=O) groups is 1. The van der Waals surface area contributed by atoms with Gasteiger partial charge in [0.05, 0.1) is 16.5 Å². The molecule has 0 bridgehead atoms. The predicted octanol–water partition coefficient (Wildman–Crippen LogP) is 2.62. The van der Waals surface area contributed by atoms with E-state index < -0.39 is 22.0 Å². The van der Waals surface area contributed by atoms with E-state index in [1.165, 1.54) is 6.07 Å². The summed E-state index contributed by atoms with van der Waals surface area (Å²) >= 11 is 0. The van der Waals surface area contributed by atoms with Crippen LogP contribution < -0.4 is 4.72 Å². The van der Waals surface area contributed by atoms with Gasteiger partial charge in [0.1, 0.15) is 0 Å². The molecule has 7 heteroatoms. The van der Waals surface area contributed by atoms with Gasteiger partial charge >= 0.3 is 5.97 Å². The molecule has 0 saturated heterocycles. The molecule has 0 fully saturated rings. The van der Waals surface area contributed by atoms with Crippen LogP contribution in [0.2, 0.25) is 0 Å². The van der Waals surface area contributed by atoms with E-state index in [2.05, 4.69) is 4.72 Å². The molecular weight excluding hydrogens is 352 g/mol. The first-order valence-electron chi connectivity index (χ1n) is 8.10. The molecule has 26 heavy (non-hydrogen) atoms. The average Bonchev–Trinajstić information content (AvgIpc) is 2.60. The molecule has 0 aromatic heterocycles. The van der Waals surface area contributed by atoms with Crippen LogP contribution >= 0.6 is 0 Å². The Hall–Kier alpha value is -2.69. The monoisotopic (exact) mass is 372 g/mol. The number of nitrogens with one attached hydrogen (secondary N) is 1. The molecule has 0 saturated carbocycles. The van der Waals surface area contributed by atoms with Crippen molar-refractivity contribution in [2.75, 3.05) is 0 Å². The van der Waals surface area contributed by atoms with E-state index in [1.54, 1.807) is 19.1 Å². The van der Waals surface area contributed by atoms with Crippen LogP contribution in [0.5, 0.6) is 0 Å². The Kier molecular flexibility index (Phi) is 6.50. The van der Waals surface area contributed by atoms with E-state index in [4.69, 9.17) is 10.4 Å². The zero-order chi connectivity index (χ0) is 19.2. The molecule has 0 aliphatic rings. The van der Waals surface area contributed by atoms with Crippen LogP contribution in [0, 0.1) is 18.3 Å². The largest absolute Gasteiger partial charge is 0.481 e. The van der Waals surface area contributed by atoms with E-state index >= 15 is 0 Å². The van der Waals surface area contributed by atoms with Crippen molar-refractivity contribution < 1.29 is 18.3 Å². The second-order valence-corrected chi connectivity index (χ2v) is 7.71. The summed E-state index contributed by atoms with van der Waals surface area (Å²) in [6, 6.07) is 15.1. The smallest absolute Gasteiger partial charge is 0.303 e. The third-order valence-electron chi connectivity index (χ3n) is 3.96. The van der Waals surface area contributed by atoms with Gasteiger partial charge < -0.3 is 5.11 Å². The molecule has 2 rings (SSSR count). The summed E-state index contributed by atoms with van der Waals surface area (Å²) < 4.78 is 28.2. The van der Waals surface area contributed by atoms with Crippen LogP contribution in [0.25, 0.3) is 0 Å². The van der Waals surface area contributed by atoms with Gasteiger partial charge in [0.2, 0.25) is 10.0 Å². The molecule has 0 aliphatic heterocycles. The fraction of sp³-hybridized carbons (Fsp3) is 0.263. The average molecular weight is 372 g/mol. The summed E-state index contributed by atoms with van der Waals surface area (Å²) in [4.78, 5) is 10.9. The molecule has 2 aromatic carbocycles. The highest BCUT2D eigenvalue weighted by molar-refractivity contribution is 7.89. The minimum Gasteiger partial charge on any atom is -0.481 e. The standard InChI is InChI=1S/C19H20N2O4S/c1-14-7-8-16(13-20)12-18(14)26(24,25)21-17(9-10-19(22)23)11-15-5-3-2-4-6-15/h2-8,12,17,21H,9-11H2,1H3,(H,22,23). The number of hydrogen-bond donors (Lipinski definition) is 2. The van der Waals surface area contributed by atoms with Crippen molar-refractivity contribution in [2.24, 2.45) is 0 Å². The van der Waals surface area contributed by atoms with E-state index in [0.717, 1.165) is 5.56 Å². The highest BCUT2D eigenvalue weighted by Crippen LogP contribution is 2.19. The Morgan fingerprint density at radius 1 is 1.23 bits per heavy atom. The molecular formula is C19H20N2O4S.